The van der Waals surface area contributed by atoms with Gasteiger partial charge in [0.25, 0.3) is 0 Å². The second-order valence-corrected chi connectivity index (χ2v) is 7.13. The number of morpholine rings is 1. The van der Waals surface area contributed by atoms with Crippen molar-refractivity contribution >= 4 is 10.0 Å². The summed E-state index contributed by atoms with van der Waals surface area (Å²) in [6.45, 7) is 4.36. The van der Waals surface area contributed by atoms with E-state index in [1.807, 2.05) is 6.07 Å². The molecule has 0 aliphatic carbocycles. The van der Waals surface area contributed by atoms with Crippen molar-refractivity contribution in [2.45, 2.75) is 30.9 Å². The zero-order chi connectivity index (χ0) is 15.6. The Labute approximate surface area is 125 Å². The minimum Gasteiger partial charge on any atom is -0.374 e. The van der Waals surface area contributed by atoms with E-state index in [2.05, 4.69) is 0 Å². The molecule has 6 nitrogen and oxygen atoms in total. The van der Waals surface area contributed by atoms with Crippen LogP contribution in [0.1, 0.15) is 18.1 Å². The number of hydrogen-bond donors (Lipinski definition) is 1. The van der Waals surface area contributed by atoms with Crippen LogP contribution >= 0.6 is 0 Å². The van der Waals surface area contributed by atoms with Crippen LogP contribution in [-0.4, -0.2) is 44.6 Å². The van der Waals surface area contributed by atoms with Gasteiger partial charge in [-0.15, -0.1) is 0 Å². The summed E-state index contributed by atoms with van der Waals surface area (Å²) in [5, 5.41) is 8.95. The van der Waals surface area contributed by atoms with Crippen molar-refractivity contribution in [3.63, 3.8) is 0 Å². The van der Waals surface area contributed by atoms with Crippen molar-refractivity contribution in [1.82, 2.24) is 4.31 Å². The molecule has 1 aromatic carbocycles. The maximum absolute atomic E-state index is 12.8. The monoisotopic (exact) mass is 309 g/mol. The third-order valence-corrected chi connectivity index (χ3v) is 5.58. The minimum absolute atomic E-state index is 0.173. The van der Waals surface area contributed by atoms with E-state index in [1.54, 1.807) is 26.0 Å². The van der Waals surface area contributed by atoms with Crippen LogP contribution in [0.4, 0.5) is 0 Å². The molecule has 0 saturated carbocycles. The summed E-state index contributed by atoms with van der Waals surface area (Å²) in [5.74, 6) is 0. The Morgan fingerprint density at radius 1 is 1.52 bits per heavy atom. The maximum atomic E-state index is 12.8. The molecule has 7 heteroatoms. The highest BCUT2D eigenvalue weighted by molar-refractivity contribution is 7.89. The molecule has 0 aromatic heterocycles. The van der Waals surface area contributed by atoms with Crippen molar-refractivity contribution in [2.24, 2.45) is 5.73 Å². The average molecular weight is 309 g/mol. The summed E-state index contributed by atoms with van der Waals surface area (Å²) in [4.78, 5) is 0.173. The van der Waals surface area contributed by atoms with E-state index in [-0.39, 0.29) is 23.6 Å². The summed E-state index contributed by atoms with van der Waals surface area (Å²) in [7, 11) is -3.65. The van der Waals surface area contributed by atoms with Crippen LogP contribution in [-0.2, 0) is 14.8 Å². The van der Waals surface area contributed by atoms with Gasteiger partial charge in [-0.05, 0) is 31.5 Å². The molecule has 1 saturated heterocycles. The fourth-order valence-corrected chi connectivity index (χ4v) is 3.96. The second kappa shape index (κ2) is 6.12. The van der Waals surface area contributed by atoms with Gasteiger partial charge in [0.1, 0.15) is 0 Å². The van der Waals surface area contributed by atoms with Gasteiger partial charge < -0.3 is 10.5 Å². The lowest BCUT2D eigenvalue weighted by molar-refractivity contribution is -0.0120. The summed E-state index contributed by atoms with van der Waals surface area (Å²) in [5.41, 5.74) is 6.75. The molecule has 0 spiro atoms. The highest BCUT2D eigenvalue weighted by Crippen LogP contribution is 2.23. The Hall–Kier alpha value is -1.46. The van der Waals surface area contributed by atoms with E-state index in [4.69, 9.17) is 15.7 Å². The molecule has 2 N–H and O–H groups in total. The van der Waals surface area contributed by atoms with Gasteiger partial charge in [0.15, 0.2) is 0 Å². The fraction of sp³-hybridized carbons (Fsp3) is 0.500. The molecule has 0 bridgehead atoms. The quantitative estimate of drug-likeness (QED) is 0.882. The van der Waals surface area contributed by atoms with Crippen molar-refractivity contribution in [3.8, 4) is 6.07 Å². The van der Waals surface area contributed by atoms with Gasteiger partial charge in [-0.25, -0.2) is 8.42 Å². The number of ether oxygens (including phenoxy) is 1. The standard InChI is InChI=1S/C14H19N3O3S/c1-10-3-4-12(8-15)7-14(10)21(18,19)17-5-6-20-13(9-17)11(2)16/h3-4,7,11,13H,5-6,9,16H2,1-2H3. The molecular formula is C14H19N3O3S. The van der Waals surface area contributed by atoms with Crippen molar-refractivity contribution in [3.05, 3.63) is 29.3 Å². The number of nitrogens with two attached hydrogens (primary N) is 1. The number of hydrogen-bond acceptors (Lipinski definition) is 5. The first kappa shape index (κ1) is 15.9. The molecule has 2 atom stereocenters. The number of sulfonamides is 1. The van der Waals surface area contributed by atoms with E-state index in [0.717, 1.165) is 0 Å². The Kier molecular flexibility index (Phi) is 4.64. The molecule has 1 heterocycles. The molecule has 1 aliphatic heterocycles. The van der Waals surface area contributed by atoms with Crippen LogP contribution in [0, 0.1) is 18.3 Å². The minimum atomic E-state index is -3.65. The Bertz CT molecular complexity index is 665. The van der Waals surface area contributed by atoms with Crippen LogP contribution in [0.5, 0.6) is 0 Å². The lowest BCUT2D eigenvalue weighted by atomic mass is 10.2. The zero-order valence-corrected chi connectivity index (χ0v) is 12.9. The molecule has 2 unspecified atom stereocenters. The molecule has 1 aromatic rings. The third-order valence-electron chi connectivity index (χ3n) is 3.58. The predicted molar refractivity (Wildman–Crippen MR) is 78.0 cm³/mol. The summed E-state index contributed by atoms with van der Waals surface area (Å²) < 4.78 is 32.4. The maximum Gasteiger partial charge on any atom is 0.243 e. The van der Waals surface area contributed by atoms with Gasteiger partial charge in [-0.2, -0.15) is 9.57 Å². The highest BCUT2D eigenvalue weighted by atomic mass is 32.2. The molecule has 0 amide bonds. The van der Waals surface area contributed by atoms with E-state index in [1.165, 1.54) is 10.4 Å². The number of nitriles is 1. The van der Waals surface area contributed by atoms with Crippen LogP contribution in [0.25, 0.3) is 0 Å². The molecule has 1 fully saturated rings. The lowest BCUT2D eigenvalue weighted by Gasteiger charge is -2.34. The Morgan fingerprint density at radius 3 is 2.86 bits per heavy atom. The van der Waals surface area contributed by atoms with Gasteiger partial charge in [0, 0.05) is 19.1 Å². The third kappa shape index (κ3) is 3.24. The number of benzene rings is 1. The highest BCUT2D eigenvalue weighted by Gasteiger charge is 2.33. The zero-order valence-electron chi connectivity index (χ0n) is 12.1. The van der Waals surface area contributed by atoms with Crippen LogP contribution in [0.2, 0.25) is 0 Å². The first-order valence-electron chi connectivity index (χ1n) is 6.74. The van der Waals surface area contributed by atoms with Crippen LogP contribution in [0.3, 0.4) is 0 Å². The summed E-state index contributed by atoms with van der Waals surface area (Å²) >= 11 is 0. The fourth-order valence-electron chi connectivity index (χ4n) is 2.27. The van der Waals surface area contributed by atoms with Crippen molar-refractivity contribution in [1.29, 1.82) is 5.26 Å². The topological polar surface area (TPSA) is 96.4 Å². The van der Waals surface area contributed by atoms with Crippen molar-refractivity contribution in [2.75, 3.05) is 19.7 Å². The predicted octanol–water partition coefficient (Wildman–Crippen LogP) is 0.603. The number of nitrogens with zero attached hydrogens (tertiary/aromatic N) is 2. The molecule has 0 radical (unpaired) electrons. The molecular weight excluding hydrogens is 290 g/mol. The summed E-state index contributed by atoms with van der Waals surface area (Å²) in [6, 6.07) is 6.40. The van der Waals surface area contributed by atoms with E-state index < -0.39 is 10.0 Å². The lowest BCUT2D eigenvalue weighted by Crippen LogP contribution is -2.51. The Morgan fingerprint density at radius 2 is 2.24 bits per heavy atom. The average Bonchev–Trinajstić information content (AvgIpc) is 2.47. The van der Waals surface area contributed by atoms with Crippen LogP contribution in [0.15, 0.2) is 23.1 Å². The largest absolute Gasteiger partial charge is 0.374 e. The number of aryl methyl sites for hydroxylation is 1. The molecule has 1 aliphatic rings. The van der Waals surface area contributed by atoms with E-state index >= 15 is 0 Å². The molecule has 114 valence electrons. The summed E-state index contributed by atoms with van der Waals surface area (Å²) in [6.07, 6.45) is -0.312. The van der Waals surface area contributed by atoms with E-state index in [0.29, 0.717) is 24.3 Å². The number of rotatable bonds is 3. The van der Waals surface area contributed by atoms with Gasteiger partial charge >= 0.3 is 0 Å². The SMILES string of the molecule is Cc1ccc(C#N)cc1S(=O)(=O)N1CCOC(C(C)N)C1. The molecule has 2 rings (SSSR count). The van der Waals surface area contributed by atoms with E-state index in [9.17, 15) is 8.42 Å². The van der Waals surface area contributed by atoms with Crippen molar-refractivity contribution < 1.29 is 13.2 Å². The first-order valence-corrected chi connectivity index (χ1v) is 8.18. The van der Waals surface area contributed by atoms with Crippen LogP contribution < -0.4 is 5.73 Å². The van der Waals surface area contributed by atoms with Gasteiger partial charge in [-0.3, -0.25) is 0 Å². The second-order valence-electron chi connectivity index (χ2n) is 5.22. The Balaban J connectivity index is 2.36. The normalized spacial score (nSPS) is 21.7. The molecule has 21 heavy (non-hydrogen) atoms. The smallest absolute Gasteiger partial charge is 0.243 e. The first-order chi connectivity index (χ1) is 9.86. The van der Waals surface area contributed by atoms with Gasteiger partial charge in [0.05, 0.1) is 29.2 Å². The van der Waals surface area contributed by atoms with Gasteiger partial charge in [-0.1, -0.05) is 6.07 Å². The van der Waals surface area contributed by atoms with Gasteiger partial charge in [0.2, 0.25) is 10.0 Å².